The molecule has 1 aromatic rings. The molecule has 1 aliphatic heterocycles. The van der Waals surface area contributed by atoms with Crippen molar-refractivity contribution in [1.82, 2.24) is 25.5 Å². The number of hydrogen-bond donors (Lipinski definition) is 6. The van der Waals surface area contributed by atoms with Crippen molar-refractivity contribution >= 4 is 48.1 Å². The minimum Gasteiger partial charge on any atom is -0.480 e. The number of thioether (sulfide) groups is 1. The van der Waals surface area contributed by atoms with Crippen molar-refractivity contribution in [3.05, 3.63) is 18.2 Å². The van der Waals surface area contributed by atoms with Crippen molar-refractivity contribution in [2.75, 3.05) is 24.3 Å². The smallest absolute Gasteiger partial charge is 0.326 e. The Kier molecular flexibility index (Phi) is 10.3. The Morgan fingerprint density at radius 2 is 2.12 bits per heavy atom. The summed E-state index contributed by atoms with van der Waals surface area (Å²) in [4.78, 5) is 58.2. The normalized spacial score (nSPS) is 18.6. The van der Waals surface area contributed by atoms with Crippen LogP contribution < -0.4 is 16.4 Å². The topological polar surface area (TPSA) is 171 Å². The molecule has 1 saturated heterocycles. The lowest BCUT2D eigenvalue weighted by molar-refractivity contribution is -0.145. The molecule has 11 nitrogen and oxygen atoms in total. The Balaban J connectivity index is 2.14. The summed E-state index contributed by atoms with van der Waals surface area (Å²) in [5, 5.41) is 14.6. The van der Waals surface area contributed by atoms with Crippen LogP contribution in [0.25, 0.3) is 0 Å². The van der Waals surface area contributed by atoms with Crippen LogP contribution in [0.4, 0.5) is 0 Å². The van der Waals surface area contributed by atoms with Crippen molar-refractivity contribution in [3.63, 3.8) is 0 Å². The van der Waals surface area contributed by atoms with Gasteiger partial charge in [-0.1, -0.05) is 0 Å². The van der Waals surface area contributed by atoms with E-state index in [-0.39, 0.29) is 18.6 Å². The van der Waals surface area contributed by atoms with Gasteiger partial charge in [0.1, 0.15) is 18.1 Å². The molecule has 0 spiro atoms. The number of likely N-dealkylation sites (tertiary alicyclic amines) is 1. The average Bonchev–Trinajstić information content (AvgIpc) is 3.46. The number of rotatable bonds is 12. The maximum atomic E-state index is 13.3. The van der Waals surface area contributed by atoms with Crippen LogP contribution >= 0.6 is 24.4 Å². The van der Waals surface area contributed by atoms with Gasteiger partial charge in [-0.3, -0.25) is 14.4 Å². The molecule has 0 radical (unpaired) electrons. The molecular weight excluding hydrogens is 456 g/mol. The van der Waals surface area contributed by atoms with E-state index in [0.717, 1.165) is 0 Å². The molecule has 4 atom stereocenters. The number of aromatic nitrogens is 2. The zero-order chi connectivity index (χ0) is 23.7. The van der Waals surface area contributed by atoms with Crippen LogP contribution in [-0.4, -0.2) is 92.1 Å². The SMILES string of the molecule is CSCCC(NC(=O)C1CCCN1C(=O)C(Cc1cnc[nH]1)NC(=O)C(N)CS)C(=O)O. The van der Waals surface area contributed by atoms with Crippen molar-refractivity contribution in [1.29, 1.82) is 0 Å². The van der Waals surface area contributed by atoms with E-state index in [9.17, 15) is 24.3 Å². The monoisotopic (exact) mass is 486 g/mol. The minimum atomic E-state index is -1.12. The van der Waals surface area contributed by atoms with Gasteiger partial charge in [0.15, 0.2) is 0 Å². The number of carboxylic acid groups (broad SMARTS) is 1. The number of aromatic amines is 1. The van der Waals surface area contributed by atoms with Gasteiger partial charge in [-0.15, -0.1) is 0 Å². The molecule has 2 rings (SSSR count). The summed E-state index contributed by atoms with van der Waals surface area (Å²) in [7, 11) is 0. The van der Waals surface area contributed by atoms with E-state index in [2.05, 4.69) is 33.2 Å². The molecule has 2 heterocycles. The number of imidazole rings is 1. The third-order valence-corrected chi connectivity index (χ3v) is 6.23. The molecular formula is C19H30N6O5S2. The third kappa shape index (κ3) is 7.14. The molecule has 6 N–H and O–H groups in total. The van der Waals surface area contributed by atoms with Gasteiger partial charge in [-0.25, -0.2) is 9.78 Å². The zero-order valence-corrected chi connectivity index (χ0v) is 19.5. The maximum Gasteiger partial charge on any atom is 0.326 e. The van der Waals surface area contributed by atoms with E-state index in [1.807, 2.05) is 6.26 Å². The van der Waals surface area contributed by atoms with Crippen molar-refractivity contribution in [2.24, 2.45) is 5.73 Å². The third-order valence-electron chi connectivity index (χ3n) is 5.19. The molecule has 0 aliphatic carbocycles. The Labute approximate surface area is 196 Å². The summed E-state index contributed by atoms with van der Waals surface area (Å²) in [5.74, 6) is -1.91. The van der Waals surface area contributed by atoms with E-state index in [1.165, 1.54) is 23.0 Å². The van der Waals surface area contributed by atoms with Crippen molar-refractivity contribution in [2.45, 2.75) is 49.9 Å². The van der Waals surface area contributed by atoms with Crippen LogP contribution in [-0.2, 0) is 25.6 Å². The molecule has 0 bridgehead atoms. The first-order chi connectivity index (χ1) is 15.3. The molecule has 1 aliphatic rings. The number of thiol groups is 1. The standard InChI is InChI=1S/C19H30N6O5S2/c1-32-6-4-13(19(29)30)23-17(27)15-3-2-5-25(15)18(28)14(7-11-8-21-10-22-11)24-16(26)12(20)9-31/h8,10,12-15,31H,2-7,9,20H2,1H3,(H,21,22)(H,23,27)(H,24,26)(H,29,30). The summed E-state index contributed by atoms with van der Waals surface area (Å²) < 4.78 is 0. The van der Waals surface area contributed by atoms with Crippen LogP contribution in [0.2, 0.25) is 0 Å². The number of amides is 3. The second kappa shape index (κ2) is 12.7. The van der Waals surface area contributed by atoms with Gasteiger partial charge >= 0.3 is 5.97 Å². The molecule has 0 aromatic carbocycles. The number of H-pyrrole nitrogens is 1. The first-order valence-electron chi connectivity index (χ1n) is 10.2. The van der Waals surface area contributed by atoms with Gasteiger partial charge in [0.25, 0.3) is 0 Å². The minimum absolute atomic E-state index is 0.109. The van der Waals surface area contributed by atoms with Crippen LogP contribution in [0.3, 0.4) is 0 Å². The number of carbonyl (C=O) groups is 4. The molecule has 178 valence electrons. The van der Waals surface area contributed by atoms with E-state index < -0.39 is 47.9 Å². The highest BCUT2D eigenvalue weighted by atomic mass is 32.2. The predicted molar refractivity (Wildman–Crippen MR) is 123 cm³/mol. The summed E-state index contributed by atoms with van der Waals surface area (Å²) >= 11 is 5.50. The largest absolute Gasteiger partial charge is 0.480 e. The first kappa shape index (κ1) is 26.0. The fourth-order valence-electron chi connectivity index (χ4n) is 3.44. The van der Waals surface area contributed by atoms with Crippen LogP contribution in [0.15, 0.2) is 12.5 Å². The zero-order valence-electron chi connectivity index (χ0n) is 17.8. The number of hydrogen-bond acceptors (Lipinski definition) is 8. The lowest BCUT2D eigenvalue weighted by Crippen LogP contribution is -2.57. The highest BCUT2D eigenvalue weighted by molar-refractivity contribution is 7.98. The van der Waals surface area contributed by atoms with E-state index >= 15 is 0 Å². The van der Waals surface area contributed by atoms with Gasteiger partial charge < -0.3 is 31.4 Å². The second-order valence-electron chi connectivity index (χ2n) is 7.50. The average molecular weight is 487 g/mol. The summed E-state index contributed by atoms with van der Waals surface area (Å²) in [5.41, 5.74) is 6.37. The molecule has 4 unspecified atom stereocenters. The Hall–Kier alpha value is -2.25. The van der Waals surface area contributed by atoms with Crippen LogP contribution in [0.5, 0.6) is 0 Å². The molecule has 32 heavy (non-hydrogen) atoms. The number of carboxylic acids is 1. The highest BCUT2D eigenvalue weighted by Gasteiger charge is 2.39. The quantitative estimate of drug-likeness (QED) is 0.204. The van der Waals surface area contributed by atoms with Gasteiger partial charge in [0, 0.05) is 30.6 Å². The number of nitrogens with one attached hydrogen (secondary N) is 3. The predicted octanol–water partition coefficient (Wildman–Crippen LogP) is -0.992. The maximum absolute atomic E-state index is 13.3. The van der Waals surface area contributed by atoms with Gasteiger partial charge in [0.2, 0.25) is 17.7 Å². The van der Waals surface area contributed by atoms with Gasteiger partial charge in [-0.05, 0) is 31.3 Å². The number of carbonyl (C=O) groups excluding carboxylic acids is 3. The summed E-state index contributed by atoms with van der Waals surface area (Å²) in [6.07, 6.45) is 6.28. The molecule has 13 heteroatoms. The molecule has 1 fully saturated rings. The van der Waals surface area contributed by atoms with Crippen molar-refractivity contribution in [3.8, 4) is 0 Å². The van der Waals surface area contributed by atoms with E-state index in [1.54, 1.807) is 6.20 Å². The van der Waals surface area contributed by atoms with E-state index in [4.69, 9.17) is 5.73 Å². The summed E-state index contributed by atoms with van der Waals surface area (Å²) in [6.45, 7) is 0.327. The lowest BCUT2D eigenvalue weighted by atomic mass is 10.1. The van der Waals surface area contributed by atoms with E-state index in [0.29, 0.717) is 30.8 Å². The Morgan fingerprint density at radius 1 is 1.38 bits per heavy atom. The van der Waals surface area contributed by atoms with Crippen LogP contribution in [0.1, 0.15) is 25.0 Å². The van der Waals surface area contributed by atoms with Crippen LogP contribution in [0, 0.1) is 0 Å². The molecule has 3 amide bonds. The number of nitrogens with zero attached hydrogens (tertiary/aromatic N) is 2. The van der Waals surface area contributed by atoms with Gasteiger partial charge in [-0.2, -0.15) is 24.4 Å². The molecule has 0 saturated carbocycles. The first-order valence-corrected chi connectivity index (χ1v) is 12.3. The lowest BCUT2D eigenvalue weighted by Gasteiger charge is -2.29. The number of nitrogens with two attached hydrogens (primary N) is 1. The Bertz CT molecular complexity index is 793. The van der Waals surface area contributed by atoms with Gasteiger partial charge in [0.05, 0.1) is 12.4 Å². The Morgan fingerprint density at radius 3 is 2.72 bits per heavy atom. The highest BCUT2D eigenvalue weighted by Crippen LogP contribution is 2.20. The fraction of sp³-hybridized carbons (Fsp3) is 0.632. The fourth-order valence-corrected chi connectivity index (χ4v) is 4.08. The van der Waals surface area contributed by atoms with Crippen molar-refractivity contribution < 1.29 is 24.3 Å². The second-order valence-corrected chi connectivity index (χ2v) is 8.85. The summed E-state index contributed by atoms with van der Waals surface area (Å²) in [6, 6.07) is -3.69. The molecule has 1 aromatic heterocycles. The number of aliphatic carboxylic acids is 1.